The number of fused-ring (bicyclic) bond motifs is 1. The van der Waals surface area contributed by atoms with Crippen LogP contribution in [-0.2, 0) is 15.0 Å². The molecule has 1 atom stereocenters. The Morgan fingerprint density at radius 1 is 1.15 bits per heavy atom. The number of carbonyl (C=O) groups is 1. The zero-order chi connectivity index (χ0) is 19.6. The predicted octanol–water partition coefficient (Wildman–Crippen LogP) is 1.91. The highest BCUT2D eigenvalue weighted by Crippen LogP contribution is 2.38. The Morgan fingerprint density at radius 3 is 2.48 bits per heavy atom. The van der Waals surface area contributed by atoms with E-state index >= 15 is 0 Å². The van der Waals surface area contributed by atoms with E-state index in [1.807, 2.05) is 0 Å². The number of anilines is 2. The molecule has 9 heteroatoms. The van der Waals surface area contributed by atoms with Crippen molar-refractivity contribution in [1.82, 2.24) is 5.32 Å². The van der Waals surface area contributed by atoms with Crippen LogP contribution < -0.4 is 18.7 Å². The van der Waals surface area contributed by atoms with Crippen LogP contribution in [0.25, 0.3) is 0 Å². The zero-order valence-electron chi connectivity index (χ0n) is 14.9. The zero-order valence-corrected chi connectivity index (χ0v) is 15.7. The maximum absolute atomic E-state index is 13.6. The largest absolute Gasteiger partial charge is 0.478 e. The Labute approximate surface area is 157 Å². The lowest BCUT2D eigenvalue weighted by atomic mass is 10.2. The third kappa shape index (κ3) is 3.68. The monoisotopic (exact) mass is 393 g/mol. The van der Waals surface area contributed by atoms with Gasteiger partial charge in [0.05, 0.1) is 17.9 Å². The van der Waals surface area contributed by atoms with E-state index < -0.39 is 28.0 Å². The second kappa shape index (κ2) is 7.43. The summed E-state index contributed by atoms with van der Waals surface area (Å²) in [4.78, 5) is 12.2. The van der Waals surface area contributed by atoms with Crippen molar-refractivity contribution in [2.45, 2.75) is 13.0 Å². The minimum Gasteiger partial charge on any atom is -0.478 e. The summed E-state index contributed by atoms with van der Waals surface area (Å²) in [6.45, 7) is 1.66. The van der Waals surface area contributed by atoms with Gasteiger partial charge in [0.2, 0.25) is 0 Å². The molecule has 144 valence electrons. The van der Waals surface area contributed by atoms with Crippen molar-refractivity contribution in [2.24, 2.45) is 0 Å². The van der Waals surface area contributed by atoms with Crippen LogP contribution in [0, 0.1) is 5.82 Å². The minimum atomic E-state index is -3.66. The van der Waals surface area contributed by atoms with Gasteiger partial charge in [-0.3, -0.25) is 9.10 Å². The normalized spacial score (nSPS) is 16.0. The van der Waals surface area contributed by atoms with Gasteiger partial charge >= 0.3 is 10.2 Å². The Hall–Kier alpha value is -2.81. The van der Waals surface area contributed by atoms with Gasteiger partial charge in [0.15, 0.2) is 17.7 Å². The summed E-state index contributed by atoms with van der Waals surface area (Å²) >= 11 is 0. The van der Waals surface area contributed by atoms with Crippen molar-refractivity contribution in [1.29, 1.82) is 0 Å². The maximum atomic E-state index is 13.6. The van der Waals surface area contributed by atoms with Crippen LogP contribution in [0.15, 0.2) is 48.5 Å². The number of carbonyl (C=O) groups excluding carboxylic acids is 1. The van der Waals surface area contributed by atoms with Crippen molar-refractivity contribution >= 4 is 27.5 Å². The molecule has 0 unspecified atom stereocenters. The molecule has 1 heterocycles. The lowest BCUT2D eigenvalue weighted by Crippen LogP contribution is -2.43. The van der Waals surface area contributed by atoms with Crippen LogP contribution in [0.3, 0.4) is 0 Å². The van der Waals surface area contributed by atoms with Crippen molar-refractivity contribution < 1.29 is 22.3 Å². The number of hydrogen-bond donors (Lipinski definition) is 1. The van der Waals surface area contributed by atoms with Crippen LogP contribution >= 0.6 is 0 Å². The number of benzene rings is 2. The van der Waals surface area contributed by atoms with Crippen molar-refractivity contribution in [3.63, 3.8) is 0 Å². The van der Waals surface area contributed by atoms with Crippen molar-refractivity contribution in [3.8, 4) is 5.75 Å². The van der Waals surface area contributed by atoms with E-state index in [9.17, 15) is 17.6 Å². The van der Waals surface area contributed by atoms with Gasteiger partial charge in [-0.05, 0) is 31.2 Å². The second-order valence-corrected chi connectivity index (χ2v) is 7.90. The molecule has 3 rings (SSSR count). The van der Waals surface area contributed by atoms with Crippen LogP contribution in [0.2, 0.25) is 0 Å². The van der Waals surface area contributed by atoms with Crippen LogP contribution in [0.4, 0.5) is 15.8 Å². The highest BCUT2D eigenvalue weighted by atomic mass is 32.2. The average molecular weight is 393 g/mol. The lowest BCUT2D eigenvalue weighted by Gasteiger charge is -2.20. The summed E-state index contributed by atoms with van der Waals surface area (Å²) in [5.41, 5.74) is 1.14. The molecule has 7 nitrogen and oxygen atoms in total. The second-order valence-electron chi connectivity index (χ2n) is 6.02. The van der Waals surface area contributed by atoms with Crippen LogP contribution in [-0.4, -0.2) is 40.6 Å². The van der Waals surface area contributed by atoms with E-state index in [1.165, 1.54) is 40.8 Å². The molecule has 0 spiro atoms. The van der Waals surface area contributed by atoms with Crippen molar-refractivity contribution in [3.05, 3.63) is 54.3 Å². The molecule has 27 heavy (non-hydrogen) atoms. The summed E-state index contributed by atoms with van der Waals surface area (Å²) in [5.74, 6) is -1.03. The Balaban J connectivity index is 1.59. The Bertz CT molecular complexity index is 951. The number of hydrogen-bond acceptors (Lipinski definition) is 4. The van der Waals surface area contributed by atoms with Gasteiger partial charge in [0.25, 0.3) is 5.91 Å². The molecule has 0 bridgehead atoms. The summed E-state index contributed by atoms with van der Waals surface area (Å²) in [6.07, 6.45) is -0.924. The molecule has 0 aliphatic carbocycles. The number of para-hydroxylation sites is 3. The number of ether oxygens (including phenoxy) is 1. The molecule has 1 amide bonds. The summed E-state index contributed by atoms with van der Waals surface area (Å²) in [6, 6.07) is 12.8. The van der Waals surface area contributed by atoms with Crippen molar-refractivity contribution in [2.75, 3.05) is 28.7 Å². The van der Waals surface area contributed by atoms with E-state index in [-0.39, 0.29) is 18.8 Å². The first kappa shape index (κ1) is 19.0. The number of amides is 1. The van der Waals surface area contributed by atoms with E-state index in [2.05, 4.69) is 5.32 Å². The van der Waals surface area contributed by atoms with Gasteiger partial charge in [0.1, 0.15) is 0 Å². The molecule has 0 fully saturated rings. The summed E-state index contributed by atoms with van der Waals surface area (Å²) in [7, 11) is -2.18. The minimum absolute atomic E-state index is 0.0159. The summed E-state index contributed by atoms with van der Waals surface area (Å²) in [5, 5.41) is 2.62. The van der Waals surface area contributed by atoms with E-state index in [1.54, 1.807) is 30.3 Å². The first-order chi connectivity index (χ1) is 12.8. The smallest absolute Gasteiger partial charge is 0.326 e. The molecule has 1 aliphatic rings. The highest BCUT2D eigenvalue weighted by molar-refractivity contribution is 7.94. The predicted molar refractivity (Wildman–Crippen MR) is 101 cm³/mol. The number of nitrogens with zero attached hydrogens (tertiary/aromatic N) is 2. The maximum Gasteiger partial charge on any atom is 0.326 e. The number of halogens is 1. The van der Waals surface area contributed by atoms with Gasteiger partial charge in [-0.15, -0.1) is 0 Å². The van der Waals surface area contributed by atoms with Gasteiger partial charge < -0.3 is 10.1 Å². The highest BCUT2D eigenvalue weighted by Gasteiger charge is 2.37. The van der Waals surface area contributed by atoms with Crippen LogP contribution in [0.1, 0.15) is 6.92 Å². The van der Waals surface area contributed by atoms with Gasteiger partial charge in [-0.25, -0.2) is 8.70 Å². The standard InChI is InChI=1S/C18H20FN3O4S/c1-13(26-17-10-6-3-7-14(17)19)18(23)20-11-12-22-16-9-5-4-8-15(16)21(2)27(22,24)25/h3-10,13H,11-12H2,1-2H3,(H,20,23)/t13-/m1/s1. The third-order valence-electron chi connectivity index (χ3n) is 4.24. The molecule has 0 saturated heterocycles. The van der Waals surface area contributed by atoms with Gasteiger partial charge in [-0.2, -0.15) is 8.42 Å². The third-order valence-corrected chi connectivity index (χ3v) is 6.06. The van der Waals surface area contributed by atoms with E-state index in [4.69, 9.17) is 4.74 Å². The Morgan fingerprint density at radius 2 is 1.78 bits per heavy atom. The molecular formula is C18H20FN3O4S. The van der Waals surface area contributed by atoms with E-state index in [0.29, 0.717) is 11.4 Å². The lowest BCUT2D eigenvalue weighted by molar-refractivity contribution is -0.127. The molecule has 1 N–H and O–H groups in total. The van der Waals surface area contributed by atoms with Gasteiger partial charge in [-0.1, -0.05) is 24.3 Å². The first-order valence-electron chi connectivity index (χ1n) is 8.37. The van der Waals surface area contributed by atoms with Crippen LogP contribution in [0.5, 0.6) is 5.75 Å². The number of rotatable bonds is 6. The van der Waals surface area contributed by atoms with E-state index in [0.717, 1.165) is 0 Å². The first-order valence-corrected chi connectivity index (χ1v) is 9.76. The molecule has 0 radical (unpaired) electrons. The average Bonchev–Trinajstić information content (AvgIpc) is 2.84. The SMILES string of the molecule is C[C@@H](Oc1ccccc1F)C(=O)NCCN1c2ccccc2N(C)S1(=O)=O. The molecular weight excluding hydrogens is 373 g/mol. The fourth-order valence-electron chi connectivity index (χ4n) is 2.78. The number of nitrogens with one attached hydrogen (secondary N) is 1. The molecule has 1 aliphatic heterocycles. The fourth-order valence-corrected chi connectivity index (χ4v) is 4.21. The van der Waals surface area contributed by atoms with Gasteiger partial charge in [0, 0.05) is 13.6 Å². The molecule has 0 aromatic heterocycles. The summed E-state index contributed by atoms with van der Waals surface area (Å²) < 4.78 is 46.4. The molecule has 2 aromatic carbocycles. The topological polar surface area (TPSA) is 79.0 Å². The fraction of sp³-hybridized carbons (Fsp3) is 0.278. The molecule has 0 saturated carbocycles. The Kier molecular flexibility index (Phi) is 5.22. The quantitative estimate of drug-likeness (QED) is 0.813. The molecule has 2 aromatic rings.